The molecule has 2 aliphatic rings. The van der Waals surface area contributed by atoms with E-state index < -0.39 is 23.2 Å². The fourth-order valence-corrected chi connectivity index (χ4v) is 5.86. The number of nitrogens with zero attached hydrogens (tertiary/aromatic N) is 4. The zero-order valence-corrected chi connectivity index (χ0v) is 29.3. The van der Waals surface area contributed by atoms with Crippen molar-refractivity contribution < 1.29 is 33.4 Å². The van der Waals surface area contributed by atoms with Crippen LogP contribution < -0.4 is 32.6 Å². The highest BCUT2D eigenvalue weighted by Gasteiger charge is 2.34. The van der Waals surface area contributed by atoms with Crippen LogP contribution >= 0.6 is 0 Å². The summed E-state index contributed by atoms with van der Waals surface area (Å²) in [5.41, 5.74) is 7.05. The number of nitrogens with one attached hydrogen (secondary N) is 5. The van der Waals surface area contributed by atoms with E-state index in [9.17, 15) is 28.8 Å². The van der Waals surface area contributed by atoms with Gasteiger partial charge in [-0.3, -0.25) is 38.7 Å². The number of ether oxygens (including phenoxy) is 2. The van der Waals surface area contributed by atoms with E-state index in [1.807, 2.05) is 0 Å². The minimum atomic E-state index is -0.784. The van der Waals surface area contributed by atoms with Gasteiger partial charge < -0.3 is 36.5 Å². The Balaban J connectivity index is 0.927. The molecule has 53 heavy (non-hydrogen) atoms. The van der Waals surface area contributed by atoms with E-state index in [1.165, 1.54) is 18.3 Å². The summed E-state index contributed by atoms with van der Waals surface area (Å²) in [6, 6.07) is 6.85. The lowest BCUT2D eigenvalue weighted by Crippen LogP contribution is -2.42. The van der Waals surface area contributed by atoms with Crippen molar-refractivity contribution in [2.75, 3.05) is 50.4 Å². The lowest BCUT2D eigenvalue weighted by Gasteiger charge is -2.37. The van der Waals surface area contributed by atoms with Gasteiger partial charge in [-0.1, -0.05) is 6.42 Å². The minimum absolute atomic E-state index is 0.00677. The molecule has 1 aromatic carbocycles. The fraction of sp³-hybridized carbons (Fsp3) is 0.457. The zero-order chi connectivity index (χ0) is 37.6. The summed E-state index contributed by atoms with van der Waals surface area (Å²) in [7, 11) is 0. The van der Waals surface area contributed by atoms with Crippen molar-refractivity contribution in [1.29, 1.82) is 0 Å². The van der Waals surface area contributed by atoms with E-state index in [2.05, 4.69) is 41.2 Å². The van der Waals surface area contributed by atoms with Crippen molar-refractivity contribution in [3.05, 3.63) is 64.2 Å². The van der Waals surface area contributed by atoms with Crippen LogP contribution in [0.3, 0.4) is 0 Å². The molecule has 1 fully saturated rings. The number of benzene rings is 1. The Bertz CT molecular complexity index is 1860. The van der Waals surface area contributed by atoms with Crippen LogP contribution in [0.5, 0.6) is 0 Å². The normalized spacial score (nSPS) is 15.1. The first-order valence-electron chi connectivity index (χ1n) is 17.6. The van der Waals surface area contributed by atoms with Crippen molar-refractivity contribution >= 4 is 52.3 Å². The fourth-order valence-electron chi connectivity index (χ4n) is 5.86. The first-order chi connectivity index (χ1) is 25.6. The third-order valence-corrected chi connectivity index (χ3v) is 8.63. The number of H-pyrrole nitrogens is 1. The number of carbonyl (C=O) groups is 5. The highest BCUT2D eigenvalue weighted by molar-refractivity contribution is 6.13. The van der Waals surface area contributed by atoms with Crippen LogP contribution in [0.4, 0.5) is 11.6 Å². The largest absolute Gasteiger partial charge is 0.379 e. The molecule has 2 aromatic heterocycles. The molecule has 0 spiro atoms. The summed E-state index contributed by atoms with van der Waals surface area (Å²) >= 11 is 0. The van der Waals surface area contributed by atoms with E-state index in [1.54, 1.807) is 24.3 Å². The molecule has 1 aliphatic heterocycles. The zero-order valence-electron chi connectivity index (χ0n) is 29.3. The average molecular weight is 733 g/mol. The number of amides is 5. The number of hydrogen-bond acceptors (Lipinski definition) is 13. The molecule has 0 bridgehead atoms. The first-order valence-corrected chi connectivity index (χ1v) is 17.6. The van der Waals surface area contributed by atoms with Crippen molar-refractivity contribution in [3.8, 4) is 0 Å². The van der Waals surface area contributed by atoms with E-state index >= 15 is 0 Å². The predicted octanol–water partition coefficient (Wildman–Crippen LogP) is 0.659. The van der Waals surface area contributed by atoms with Crippen LogP contribution in [-0.4, -0.2) is 99.6 Å². The van der Waals surface area contributed by atoms with Crippen LogP contribution in [0.1, 0.15) is 67.4 Å². The van der Waals surface area contributed by atoms with Crippen molar-refractivity contribution in [3.63, 3.8) is 0 Å². The summed E-state index contributed by atoms with van der Waals surface area (Å²) in [5, 5.41) is 11.6. The number of aromatic amines is 1. The smallest absolute Gasteiger partial charge is 0.280 e. The second kappa shape index (κ2) is 18.7. The SMILES string of the molecule is Nc1nc2ncc(CNc3ccc(C(=O)NCCCC(=O)NCCOC4(OCCNC(=O)CCN5C(=O)C=CC5=O)CCCCC4)cc3)nc2c(=O)[nH]1. The molecular formula is C35H44N10O8. The van der Waals surface area contributed by atoms with Crippen molar-refractivity contribution in [1.82, 2.24) is 40.8 Å². The molecule has 5 rings (SSSR count). The lowest BCUT2D eigenvalue weighted by atomic mass is 9.94. The third kappa shape index (κ3) is 11.4. The maximum atomic E-state index is 12.6. The number of hydrogen-bond donors (Lipinski definition) is 6. The van der Waals surface area contributed by atoms with Gasteiger partial charge in [0.25, 0.3) is 23.3 Å². The van der Waals surface area contributed by atoms with E-state index in [0.717, 1.165) is 29.8 Å². The Labute approximate surface area is 304 Å². The molecule has 1 aliphatic carbocycles. The Morgan fingerprint density at radius 2 is 1.51 bits per heavy atom. The molecule has 3 heterocycles. The van der Waals surface area contributed by atoms with Gasteiger partial charge in [-0.15, -0.1) is 0 Å². The van der Waals surface area contributed by atoms with E-state index in [0.29, 0.717) is 43.6 Å². The molecule has 0 saturated heterocycles. The summed E-state index contributed by atoms with van der Waals surface area (Å²) < 4.78 is 12.2. The molecule has 5 amide bonds. The van der Waals surface area contributed by atoms with Gasteiger partial charge in [-0.25, -0.2) is 9.97 Å². The number of nitrogen functional groups attached to an aromatic ring is 1. The highest BCUT2D eigenvalue weighted by Crippen LogP contribution is 2.32. The Hall–Kier alpha value is -5.75. The van der Waals surface area contributed by atoms with Gasteiger partial charge >= 0.3 is 0 Å². The summed E-state index contributed by atoms with van der Waals surface area (Å²) in [6.07, 6.45) is 8.94. The van der Waals surface area contributed by atoms with Crippen LogP contribution in [-0.2, 0) is 35.2 Å². The molecule has 1 saturated carbocycles. The van der Waals surface area contributed by atoms with Crippen LogP contribution in [0.25, 0.3) is 11.2 Å². The van der Waals surface area contributed by atoms with Gasteiger partial charge in [0.2, 0.25) is 17.8 Å². The quantitative estimate of drug-likeness (QED) is 0.0564. The van der Waals surface area contributed by atoms with Gasteiger partial charge in [0.15, 0.2) is 17.0 Å². The molecule has 18 heteroatoms. The second-order valence-corrected chi connectivity index (χ2v) is 12.6. The number of carbonyl (C=O) groups excluding carboxylic acids is 5. The van der Waals surface area contributed by atoms with E-state index in [-0.39, 0.29) is 80.5 Å². The molecule has 18 nitrogen and oxygen atoms in total. The van der Waals surface area contributed by atoms with Crippen LogP contribution in [0.2, 0.25) is 0 Å². The number of nitrogens with two attached hydrogens (primary N) is 1. The molecule has 282 valence electrons. The van der Waals surface area contributed by atoms with Crippen molar-refractivity contribution in [2.45, 2.75) is 63.7 Å². The van der Waals surface area contributed by atoms with Crippen LogP contribution in [0.15, 0.2) is 47.4 Å². The number of aromatic nitrogens is 4. The number of anilines is 2. The Morgan fingerprint density at radius 3 is 2.19 bits per heavy atom. The standard InChI is InChI=1S/C35H44N10O8/c36-34-43-31-30(33(51)44-34)42-25(22-41-31)21-40-24-8-6-23(7-9-24)32(50)39-15-4-5-26(46)37-16-19-52-35(13-2-1-3-14-35)53-20-17-38-27(47)12-18-45-28(48)10-11-29(45)49/h6-11,22,40H,1-5,12-21H2,(H,37,46)(H,38,47)(H,39,50)(H3,36,41,43,44,51). The van der Waals surface area contributed by atoms with Gasteiger partial charge in [0, 0.05) is 75.3 Å². The summed E-state index contributed by atoms with van der Waals surface area (Å²) in [4.78, 5) is 88.3. The molecular weight excluding hydrogens is 688 g/mol. The second-order valence-electron chi connectivity index (χ2n) is 12.6. The minimum Gasteiger partial charge on any atom is -0.379 e. The monoisotopic (exact) mass is 732 g/mol. The first kappa shape index (κ1) is 38.5. The predicted molar refractivity (Wildman–Crippen MR) is 192 cm³/mol. The Kier molecular flexibility index (Phi) is 13.5. The molecule has 0 atom stereocenters. The molecule has 0 unspecified atom stereocenters. The van der Waals surface area contributed by atoms with Crippen molar-refractivity contribution in [2.24, 2.45) is 0 Å². The van der Waals surface area contributed by atoms with Gasteiger partial charge in [0.05, 0.1) is 31.6 Å². The summed E-state index contributed by atoms with van der Waals surface area (Å²) in [5.74, 6) is -2.37. The van der Waals surface area contributed by atoms with Crippen LogP contribution in [0, 0.1) is 0 Å². The number of fused-ring (bicyclic) bond motifs is 1. The molecule has 0 radical (unpaired) electrons. The van der Waals surface area contributed by atoms with Gasteiger partial charge in [0.1, 0.15) is 0 Å². The Morgan fingerprint density at radius 1 is 0.849 bits per heavy atom. The number of rotatable bonds is 19. The van der Waals surface area contributed by atoms with Gasteiger partial charge in [-0.2, -0.15) is 4.98 Å². The maximum Gasteiger partial charge on any atom is 0.280 e. The third-order valence-electron chi connectivity index (χ3n) is 8.63. The molecule has 7 N–H and O–H groups in total. The topological polar surface area (TPSA) is 253 Å². The van der Waals surface area contributed by atoms with E-state index in [4.69, 9.17) is 15.2 Å². The van der Waals surface area contributed by atoms with Gasteiger partial charge in [-0.05, 0) is 43.5 Å². The number of imide groups is 1. The highest BCUT2D eigenvalue weighted by atomic mass is 16.7. The lowest BCUT2D eigenvalue weighted by molar-refractivity contribution is -0.250. The molecule has 3 aromatic rings. The average Bonchev–Trinajstić information content (AvgIpc) is 3.48. The summed E-state index contributed by atoms with van der Waals surface area (Å²) in [6.45, 7) is 1.67. The maximum absolute atomic E-state index is 12.6.